The van der Waals surface area contributed by atoms with Crippen molar-refractivity contribution >= 4 is 28.6 Å². The number of aryl methyl sites for hydroxylation is 2. The summed E-state index contributed by atoms with van der Waals surface area (Å²) < 4.78 is 0. The fourth-order valence-corrected chi connectivity index (χ4v) is 4.30. The van der Waals surface area contributed by atoms with Gasteiger partial charge in [0.15, 0.2) is 5.78 Å². The van der Waals surface area contributed by atoms with Crippen molar-refractivity contribution in [2.24, 2.45) is 0 Å². The molecule has 1 fully saturated rings. The topological polar surface area (TPSA) is 82.3 Å². The van der Waals surface area contributed by atoms with Crippen molar-refractivity contribution in [2.45, 2.75) is 45.6 Å². The van der Waals surface area contributed by atoms with Gasteiger partial charge in [-0.15, -0.1) is 0 Å². The molecule has 2 heterocycles. The number of carbonyl (C=O) groups is 3. The normalized spacial score (nSPS) is 18.6. The first kappa shape index (κ1) is 20.8. The summed E-state index contributed by atoms with van der Waals surface area (Å²) in [6, 6.07) is 13.0. The smallest absolute Gasteiger partial charge is 0.325 e. The van der Waals surface area contributed by atoms with Crippen LogP contribution in [0.4, 0.5) is 4.79 Å². The van der Waals surface area contributed by atoms with Crippen molar-refractivity contribution < 1.29 is 14.4 Å². The van der Waals surface area contributed by atoms with E-state index in [1.165, 1.54) is 5.56 Å². The second-order valence-corrected chi connectivity index (χ2v) is 8.21. The number of benzene rings is 2. The number of nitrogens with one attached hydrogen (secondary N) is 2. The average molecular weight is 418 g/mol. The van der Waals surface area contributed by atoms with Crippen LogP contribution in [0.25, 0.3) is 10.9 Å². The first-order chi connectivity index (χ1) is 14.9. The molecule has 1 atom stereocenters. The minimum Gasteiger partial charge on any atom is -0.360 e. The number of urea groups is 1. The number of aromatic amines is 1. The molecule has 6 nitrogen and oxygen atoms in total. The number of ketones is 1. The number of rotatable bonds is 7. The molecule has 2 aromatic carbocycles. The van der Waals surface area contributed by atoms with Crippen LogP contribution < -0.4 is 5.32 Å². The molecule has 1 saturated heterocycles. The van der Waals surface area contributed by atoms with Crippen molar-refractivity contribution in [3.8, 4) is 0 Å². The maximum atomic E-state index is 13.2. The van der Waals surface area contributed by atoms with Crippen LogP contribution in [0.2, 0.25) is 0 Å². The Balaban J connectivity index is 1.58. The van der Waals surface area contributed by atoms with E-state index in [0.717, 1.165) is 40.6 Å². The zero-order valence-electron chi connectivity index (χ0n) is 18.1. The number of hydrogen-bond acceptors (Lipinski definition) is 3. The van der Waals surface area contributed by atoms with Crippen LogP contribution in [-0.4, -0.2) is 34.2 Å². The molecule has 0 bridgehead atoms. The van der Waals surface area contributed by atoms with Crippen molar-refractivity contribution in [3.63, 3.8) is 0 Å². The fourth-order valence-electron chi connectivity index (χ4n) is 4.30. The van der Waals surface area contributed by atoms with Gasteiger partial charge in [-0.05, 0) is 36.5 Å². The molecule has 3 aromatic rings. The molecule has 160 valence electrons. The third kappa shape index (κ3) is 3.52. The number of Topliss-reactive ketones (excluding diaryl/α,β-unsaturated/α-hetero) is 1. The summed E-state index contributed by atoms with van der Waals surface area (Å²) in [6.45, 7) is 5.56. The Hall–Kier alpha value is -3.41. The van der Waals surface area contributed by atoms with E-state index in [0.29, 0.717) is 11.1 Å². The summed E-state index contributed by atoms with van der Waals surface area (Å²) in [5, 5.41) is 3.59. The largest absolute Gasteiger partial charge is 0.360 e. The average Bonchev–Trinajstić information content (AvgIpc) is 3.30. The van der Waals surface area contributed by atoms with E-state index in [4.69, 9.17) is 0 Å². The van der Waals surface area contributed by atoms with Gasteiger partial charge in [0, 0.05) is 22.7 Å². The van der Waals surface area contributed by atoms with E-state index in [1.807, 2.05) is 42.5 Å². The van der Waals surface area contributed by atoms with Crippen LogP contribution in [0, 0.1) is 0 Å². The molecule has 0 aliphatic carbocycles. The number of fused-ring (bicyclic) bond motifs is 1. The lowest BCUT2D eigenvalue weighted by Gasteiger charge is -2.22. The highest BCUT2D eigenvalue weighted by Crippen LogP contribution is 2.30. The minimum absolute atomic E-state index is 0.273. The van der Waals surface area contributed by atoms with Crippen LogP contribution in [0.3, 0.4) is 0 Å². The maximum absolute atomic E-state index is 13.2. The number of carbonyl (C=O) groups excluding carboxylic acids is 3. The Morgan fingerprint density at radius 2 is 1.81 bits per heavy atom. The van der Waals surface area contributed by atoms with E-state index in [2.05, 4.69) is 24.1 Å². The molecule has 31 heavy (non-hydrogen) atoms. The van der Waals surface area contributed by atoms with Crippen molar-refractivity contribution in [3.05, 3.63) is 70.9 Å². The molecule has 0 radical (unpaired) electrons. The van der Waals surface area contributed by atoms with Crippen LogP contribution in [-0.2, 0) is 23.2 Å². The second-order valence-electron chi connectivity index (χ2n) is 8.21. The number of nitrogens with zero attached hydrogens (tertiary/aromatic N) is 1. The molecule has 1 aliphatic rings. The summed E-state index contributed by atoms with van der Waals surface area (Å²) in [5.74, 6) is -0.686. The van der Waals surface area contributed by atoms with Gasteiger partial charge in [-0.2, -0.15) is 0 Å². The predicted molar refractivity (Wildman–Crippen MR) is 120 cm³/mol. The Morgan fingerprint density at radius 1 is 1.06 bits per heavy atom. The van der Waals surface area contributed by atoms with Gasteiger partial charge in [-0.3, -0.25) is 14.5 Å². The predicted octanol–water partition coefficient (Wildman–Crippen LogP) is 4.33. The Bertz CT molecular complexity index is 1160. The third-order valence-corrected chi connectivity index (χ3v) is 6.13. The minimum atomic E-state index is -1.18. The van der Waals surface area contributed by atoms with Gasteiger partial charge in [-0.25, -0.2) is 4.79 Å². The van der Waals surface area contributed by atoms with Gasteiger partial charge in [-0.1, -0.05) is 62.7 Å². The van der Waals surface area contributed by atoms with Gasteiger partial charge in [0.05, 0.1) is 6.54 Å². The molecular formula is C25H27N3O3. The number of H-pyrrole nitrogens is 1. The van der Waals surface area contributed by atoms with Gasteiger partial charge in [0.1, 0.15) is 5.54 Å². The molecule has 6 heteroatoms. The molecule has 2 N–H and O–H groups in total. The van der Waals surface area contributed by atoms with Crippen molar-refractivity contribution in [1.82, 2.24) is 15.2 Å². The number of para-hydroxylation sites is 1. The molecule has 1 aromatic heterocycles. The van der Waals surface area contributed by atoms with E-state index >= 15 is 0 Å². The number of aromatic nitrogens is 1. The summed E-state index contributed by atoms with van der Waals surface area (Å²) >= 11 is 0. The lowest BCUT2D eigenvalue weighted by atomic mass is 9.91. The van der Waals surface area contributed by atoms with Crippen LogP contribution >= 0.6 is 0 Å². The first-order valence-electron chi connectivity index (χ1n) is 10.7. The summed E-state index contributed by atoms with van der Waals surface area (Å²) in [5.41, 5.74) is 3.24. The highest BCUT2D eigenvalue weighted by molar-refractivity contribution is 6.14. The number of hydrogen-bond donors (Lipinski definition) is 2. The molecule has 4 rings (SSSR count). The van der Waals surface area contributed by atoms with Crippen molar-refractivity contribution in [2.75, 3.05) is 6.54 Å². The Morgan fingerprint density at radius 3 is 2.48 bits per heavy atom. The van der Waals surface area contributed by atoms with E-state index in [-0.39, 0.29) is 12.3 Å². The van der Waals surface area contributed by atoms with Crippen molar-refractivity contribution in [1.29, 1.82) is 0 Å². The summed E-state index contributed by atoms with van der Waals surface area (Å²) in [7, 11) is 0. The highest BCUT2D eigenvalue weighted by Gasteiger charge is 2.49. The number of imide groups is 1. The Kier molecular flexibility index (Phi) is 5.39. The third-order valence-electron chi connectivity index (χ3n) is 6.13. The SMILES string of the molecule is CCCc1ccc([C@]2(C)NC(=O)N(CC(=O)c3c[nH]c4c(CC)cccc34)C2=O)cc1. The quantitative estimate of drug-likeness (QED) is 0.443. The van der Waals surface area contributed by atoms with Gasteiger partial charge >= 0.3 is 6.03 Å². The summed E-state index contributed by atoms with van der Waals surface area (Å²) in [4.78, 5) is 43.1. The van der Waals surface area contributed by atoms with Crippen LogP contribution in [0.1, 0.15) is 54.2 Å². The lowest BCUT2D eigenvalue weighted by molar-refractivity contribution is -0.130. The van der Waals surface area contributed by atoms with E-state index < -0.39 is 17.5 Å². The zero-order valence-corrected chi connectivity index (χ0v) is 18.1. The molecule has 0 saturated carbocycles. The molecule has 0 unspecified atom stereocenters. The van der Waals surface area contributed by atoms with Crippen LogP contribution in [0.5, 0.6) is 0 Å². The van der Waals surface area contributed by atoms with E-state index in [9.17, 15) is 14.4 Å². The second kappa shape index (κ2) is 8.02. The van der Waals surface area contributed by atoms with Gasteiger partial charge < -0.3 is 10.3 Å². The molecule has 3 amide bonds. The summed E-state index contributed by atoms with van der Waals surface area (Å²) in [6.07, 6.45) is 4.50. The molecular weight excluding hydrogens is 390 g/mol. The molecule has 1 aliphatic heterocycles. The number of amides is 3. The molecule has 0 spiro atoms. The van der Waals surface area contributed by atoms with Crippen LogP contribution in [0.15, 0.2) is 48.7 Å². The first-order valence-corrected chi connectivity index (χ1v) is 10.7. The zero-order chi connectivity index (χ0) is 22.2. The highest BCUT2D eigenvalue weighted by atomic mass is 16.2. The van der Waals surface area contributed by atoms with Gasteiger partial charge in [0.25, 0.3) is 5.91 Å². The maximum Gasteiger partial charge on any atom is 0.325 e. The van der Waals surface area contributed by atoms with Gasteiger partial charge in [0.2, 0.25) is 0 Å². The Labute approximate surface area is 181 Å². The monoisotopic (exact) mass is 417 g/mol. The standard InChI is InChI=1S/C25H27N3O3/c1-4-7-16-10-12-18(13-11-16)25(3)23(30)28(24(31)27-25)15-21(29)20-14-26-22-17(5-2)8-6-9-19(20)22/h6,8-14,26H,4-5,7,15H2,1-3H3,(H,27,31)/t25-/m0/s1. The fraction of sp³-hybridized carbons (Fsp3) is 0.320. The van der Waals surface area contributed by atoms with E-state index in [1.54, 1.807) is 13.1 Å². The lowest BCUT2D eigenvalue weighted by Crippen LogP contribution is -2.41.